The monoisotopic (exact) mass is 402 g/mol. The predicted molar refractivity (Wildman–Crippen MR) is 114 cm³/mol. The molecule has 6 heteroatoms. The maximum atomic E-state index is 5.56. The van der Waals surface area contributed by atoms with Crippen LogP contribution in [-0.4, -0.2) is 40.0 Å². The van der Waals surface area contributed by atoms with Crippen LogP contribution in [0, 0.1) is 17.8 Å². The van der Waals surface area contributed by atoms with E-state index < -0.39 is 0 Å². The van der Waals surface area contributed by atoms with Gasteiger partial charge in [0, 0.05) is 48.0 Å². The summed E-state index contributed by atoms with van der Waals surface area (Å²) in [6.45, 7) is 4.48. The van der Waals surface area contributed by atoms with Gasteiger partial charge in [-0.25, -0.2) is 4.98 Å². The highest BCUT2D eigenvalue weighted by atomic mass is 16.5. The van der Waals surface area contributed by atoms with E-state index in [-0.39, 0.29) is 0 Å². The second-order valence-corrected chi connectivity index (χ2v) is 8.12. The fourth-order valence-corrected chi connectivity index (χ4v) is 3.94. The third-order valence-electron chi connectivity index (χ3n) is 5.85. The first-order valence-corrected chi connectivity index (χ1v) is 10.7. The van der Waals surface area contributed by atoms with Gasteiger partial charge in [0.2, 0.25) is 0 Å². The summed E-state index contributed by atoms with van der Waals surface area (Å²) in [4.78, 5) is 4.35. The van der Waals surface area contributed by atoms with Gasteiger partial charge in [0.15, 0.2) is 5.76 Å². The van der Waals surface area contributed by atoms with Crippen molar-refractivity contribution in [2.75, 3.05) is 13.2 Å². The first-order valence-electron chi connectivity index (χ1n) is 10.7. The van der Waals surface area contributed by atoms with Crippen molar-refractivity contribution in [3.8, 4) is 23.2 Å². The van der Waals surface area contributed by atoms with E-state index in [2.05, 4.69) is 50.9 Å². The zero-order valence-corrected chi connectivity index (χ0v) is 17.2. The highest BCUT2D eigenvalue weighted by Gasteiger charge is 2.31. The Bertz CT molecular complexity index is 1050. The zero-order valence-electron chi connectivity index (χ0n) is 17.2. The lowest BCUT2D eigenvalue weighted by Gasteiger charge is -2.38. The molecule has 1 N–H and O–H groups in total. The Morgan fingerprint density at radius 1 is 1.17 bits per heavy atom. The molecule has 5 rings (SSSR count). The van der Waals surface area contributed by atoms with E-state index in [9.17, 15) is 0 Å². The van der Waals surface area contributed by atoms with Gasteiger partial charge in [0.25, 0.3) is 0 Å². The smallest absolute Gasteiger partial charge is 0.167 e. The van der Waals surface area contributed by atoms with Crippen molar-refractivity contribution in [3.63, 3.8) is 0 Å². The molecule has 1 saturated heterocycles. The Hall–Kier alpha value is -2.88. The van der Waals surface area contributed by atoms with Crippen LogP contribution in [0.25, 0.3) is 11.3 Å². The van der Waals surface area contributed by atoms with Crippen molar-refractivity contribution in [2.24, 2.45) is 5.92 Å². The molecule has 3 aromatic rings. The van der Waals surface area contributed by atoms with Gasteiger partial charge in [0.1, 0.15) is 11.5 Å². The molecule has 1 aliphatic carbocycles. The molecule has 3 heterocycles. The molecule has 2 aliphatic rings. The number of imidazole rings is 1. The molecule has 0 bridgehead atoms. The Kier molecular flexibility index (Phi) is 5.39. The topological polar surface area (TPSA) is 65.1 Å². The molecule has 0 unspecified atom stereocenters. The lowest BCUT2D eigenvalue weighted by molar-refractivity contribution is -0.0163. The van der Waals surface area contributed by atoms with Gasteiger partial charge in [-0.15, -0.1) is 0 Å². The van der Waals surface area contributed by atoms with E-state index in [1.54, 1.807) is 0 Å². The number of aromatic nitrogens is 3. The Balaban J connectivity index is 1.16. The van der Waals surface area contributed by atoms with Gasteiger partial charge < -0.3 is 19.1 Å². The van der Waals surface area contributed by atoms with E-state index in [0.29, 0.717) is 24.5 Å². The van der Waals surface area contributed by atoms with Gasteiger partial charge in [-0.1, -0.05) is 23.9 Å². The first-order chi connectivity index (χ1) is 14.8. The fourth-order valence-electron chi connectivity index (χ4n) is 3.94. The Morgan fingerprint density at radius 3 is 2.73 bits per heavy atom. The minimum atomic E-state index is 0.496. The summed E-state index contributed by atoms with van der Waals surface area (Å²) in [6.07, 6.45) is 6.97. The molecular formula is C24H26N4O2. The summed E-state index contributed by atoms with van der Waals surface area (Å²) in [6, 6.07) is 11.4. The van der Waals surface area contributed by atoms with Crippen LogP contribution in [0.5, 0.6) is 0 Å². The van der Waals surface area contributed by atoms with Crippen LogP contribution in [0.4, 0.5) is 0 Å². The van der Waals surface area contributed by atoms with Crippen LogP contribution in [0.2, 0.25) is 0 Å². The van der Waals surface area contributed by atoms with Crippen molar-refractivity contribution >= 4 is 0 Å². The molecule has 1 aliphatic heterocycles. The predicted octanol–water partition coefficient (Wildman–Crippen LogP) is 3.27. The normalized spacial score (nSPS) is 20.8. The molecule has 2 fully saturated rings. The summed E-state index contributed by atoms with van der Waals surface area (Å²) < 4.78 is 12.9. The number of rotatable bonds is 6. The average Bonchev–Trinajstić information content (AvgIpc) is 3.35. The number of nitrogens with one attached hydrogen (secondary N) is 1. The third kappa shape index (κ3) is 4.18. The van der Waals surface area contributed by atoms with Gasteiger partial charge in [0.05, 0.1) is 25.8 Å². The molecule has 0 amide bonds. The molecule has 0 radical (unpaired) electrons. The van der Waals surface area contributed by atoms with Gasteiger partial charge in [-0.3, -0.25) is 0 Å². The van der Waals surface area contributed by atoms with Crippen LogP contribution in [0.15, 0.2) is 47.2 Å². The molecule has 1 aromatic carbocycles. The number of benzene rings is 1. The van der Waals surface area contributed by atoms with Crippen LogP contribution in [0.1, 0.15) is 36.8 Å². The highest BCUT2D eigenvalue weighted by molar-refractivity contribution is 5.59. The Labute approximate surface area is 176 Å². The highest BCUT2D eigenvalue weighted by Crippen LogP contribution is 2.28. The zero-order chi connectivity index (χ0) is 20.3. The van der Waals surface area contributed by atoms with Crippen LogP contribution < -0.4 is 5.32 Å². The van der Waals surface area contributed by atoms with Crippen molar-refractivity contribution in [1.29, 1.82) is 0 Å². The summed E-state index contributed by atoms with van der Waals surface area (Å²) in [7, 11) is 0. The number of ether oxygens (including phenoxy) is 1. The lowest BCUT2D eigenvalue weighted by atomic mass is 9.80. The molecule has 30 heavy (non-hydrogen) atoms. The lowest BCUT2D eigenvalue weighted by Crippen LogP contribution is -2.54. The van der Waals surface area contributed by atoms with Gasteiger partial charge in [-0.2, -0.15) is 0 Å². The number of hydrogen-bond donors (Lipinski definition) is 1. The third-order valence-corrected chi connectivity index (χ3v) is 5.85. The van der Waals surface area contributed by atoms with E-state index in [1.807, 2.05) is 30.6 Å². The minimum absolute atomic E-state index is 0.496. The van der Waals surface area contributed by atoms with E-state index >= 15 is 0 Å². The van der Waals surface area contributed by atoms with Crippen molar-refractivity contribution < 1.29 is 9.26 Å². The van der Waals surface area contributed by atoms with Crippen LogP contribution in [-0.2, 0) is 17.7 Å². The minimum Gasteiger partial charge on any atom is -0.378 e. The van der Waals surface area contributed by atoms with E-state index in [1.165, 1.54) is 0 Å². The fraction of sp³-hybridized carbons (Fsp3) is 0.417. The second kappa shape index (κ2) is 8.47. The molecule has 0 spiro atoms. The summed E-state index contributed by atoms with van der Waals surface area (Å²) in [5.74, 6) is 9.04. The van der Waals surface area contributed by atoms with Crippen LogP contribution >= 0.6 is 0 Å². The summed E-state index contributed by atoms with van der Waals surface area (Å²) in [5, 5.41) is 7.83. The molecule has 2 aromatic heterocycles. The van der Waals surface area contributed by atoms with Crippen molar-refractivity contribution in [1.82, 2.24) is 20.0 Å². The van der Waals surface area contributed by atoms with E-state index in [0.717, 1.165) is 60.9 Å². The standard InChI is InChI=1S/C24H26N4O2/c1-2-24-25-9-10-28(24)14-21-13-23(30-27-21)19-7-5-17(6-8-19)3-4-18-11-20(12-18)26-22-15-29-16-22/h5-10,13,18,20,22,26H,2,11-12,14-16H2,1H3. The van der Waals surface area contributed by atoms with Crippen molar-refractivity contribution in [3.05, 3.63) is 59.8 Å². The molecule has 154 valence electrons. The van der Waals surface area contributed by atoms with Crippen LogP contribution in [0.3, 0.4) is 0 Å². The maximum absolute atomic E-state index is 5.56. The number of hydrogen-bond acceptors (Lipinski definition) is 5. The quantitative estimate of drug-likeness (QED) is 0.641. The maximum Gasteiger partial charge on any atom is 0.167 e. The number of nitrogens with zero attached hydrogens (tertiary/aromatic N) is 3. The summed E-state index contributed by atoms with van der Waals surface area (Å²) in [5.41, 5.74) is 2.94. The van der Waals surface area contributed by atoms with Crippen molar-refractivity contribution in [2.45, 2.75) is 44.8 Å². The summed E-state index contributed by atoms with van der Waals surface area (Å²) >= 11 is 0. The second-order valence-electron chi connectivity index (χ2n) is 8.12. The number of aryl methyl sites for hydroxylation is 1. The van der Waals surface area contributed by atoms with E-state index in [4.69, 9.17) is 9.26 Å². The first kappa shape index (κ1) is 19.1. The largest absolute Gasteiger partial charge is 0.378 e. The Morgan fingerprint density at radius 2 is 2.00 bits per heavy atom. The molecule has 6 nitrogen and oxygen atoms in total. The van der Waals surface area contributed by atoms with Gasteiger partial charge in [-0.05, 0) is 37.1 Å². The van der Waals surface area contributed by atoms with Gasteiger partial charge >= 0.3 is 0 Å². The molecule has 1 saturated carbocycles. The average molecular weight is 402 g/mol. The SMILES string of the molecule is CCc1nccn1Cc1cc(-c2ccc(C#CC3CC(NC4COC4)C3)cc2)on1. The molecule has 0 atom stereocenters. The molecular weight excluding hydrogens is 376 g/mol.